The molecule has 0 aliphatic heterocycles. The van der Waals surface area contributed by atoms with Crippen LogP contribution in [-0.4, -0.2) is 18.8 Å². The Balaban J connectivity index is 2.45. The van der Waals surface area contributed by atoms with Crippen LogP contribution in [0.25, 0.3) is 0 Å². The Morgan fingerprint density at radius 1 is 1.14 bits per heavy atom. The van der Waals surface area contributed by atoms with Crippen LogP contribution in [-0.2, 0) is 4.74 Å². The van der Waals surface area contributed by atoms with Crippen LogP contribution in [0.2, 0.25) is 0 Å². The molecule has 2 nitrogen and oxygen atoms in total. The van der Waals surface area contributed by atoms with Crippen LogP contribution in [0, 0.1) is 16.7 Å². The molecule has 0 aromatic rings. The quantitative estimate of drug-likeness (QED) is 0.754. The second kappa shape index (κ2) is 3.49. The molecule has 0 aromatic carbocycles. The Morgan fingerprint density at radius 2 is 1.57 bits per heavy atom. The van der Waals surface area contributed by atoms with E-state index in [0.717, 1.165) is 0 Å². The highest BCUT2D eigenvalue weighted by atomic mass is 16.5. The van der Waals surface area contributed by atoms with Crippen molar-refractivity contribution in [2.45, 2.75) is 53.7 Å². The zero-order valence-electron chi connectivity index (χ0n) is 10.4. The van der Waals surface area contributed by atoms with Gasteiger partial charge in [-0.2, -0.15) is 0 Å². The van der Waals surface area contributed by atoms with Crippen molar-refractivity contribution in [1.82, 2.24) is 0 Å². The minimum atomic E-state index is 0.183. The van der Waals surface area contributed by atoms with Crippen LogP contribution in [0.1, 0.15) is 41.5 Å². The van der Waals surface area contributed by atoms with E-state index in [1.165, 1.54) is 0 Å². The summed E-state index contributed by atoms with van der Waals surface area (Å²) < 4.78 is 5.57. The molecule has 0 bridgehead atoms. The highest BCUT2D eigenvalue weighted by Gasteiger charge is 2.66. The topological polar surface area (TPSA) is 35.2 Å². The summed E-state index contributed by atoms with van der Waals surface area (Å²) in [5.74, 6) is 0.591. The molecule has 1 saturated carbocycles. The molecule has 84 valence electrons. The fourth-order valence-electron chi connectivity index (χ4n) is 2.72. The Labute approximate surface area is 88.2 Å². The van der Waals surface area contributed by atoms with Gasteiger partial charge in [0.1, 0.15) is 0 Å². The lowest BCUT2D eigenvalue weighted by Gasteiger charge is -2.16. The van der Waals surface area contributed by atoms with Crippen molar-refractivity contribution >= 4 is 0 Å². The molecule has 1 atom stereocenters. The summed E-state index contributed by atoms with van der Waals surface area (Å²) in [5, 5.41) is 0. The van der Waals surface area contributed by atoms with Gasteiger partial charge in [0.05, 0.1) is 12.7 Å². The summed E-state index contributed by atoms with van der Waals surface area (Å²) in [5.41, 5.74) is 6.89. The van der Waals surface area contributed by atoms with Gasteiger partial charge in [-0.3, -0.25) is 0 Å². The average Bonchev–Trinajstić information content (AvgIpc) is 2.39. The highest BCUT2D eigenvalue weighted by molar-refractivity contribution is 5.15. The van der Waals surface area contributed by atoms with E-state index in [1.54, 1.807) is 0 Å². The first kappa shape index (κ1) is 12.0. The SMILES string of the molecule is CC(C)OCC(N)C1C(C)(C)C1(C)C. The van der Waals surface area contributed by atoms with E-state index in [1.807, 2.05) is 0 Å². The van der Waals surface area contributed by atoms with Crippen LogP contribution in [0.5, 0.6) is 0 Å². The lowest BCUT2D eigenvalue weighted by molar-refractivity contribution is 0.0611. The van der Waals surface area contributed by atoms with Gasteiger partial charge in [-0.1, -0.05) is 27.7 Å². The third-order valence-corrected chi connectivity index (χ3v) is 4.18. The fourth-order valence-corrected chi connectivity index (χ4v) is 2.72. The lowest BCUT2D eigenvalue weighted by Crippen LogP contribution is -2.32. The molecule has 14 heavy (non-hydrogen) atoms. The average molecular weight is 199 g/mol. The van der Waals surface area contributed by atoms with Crippen LogP contribution in [0.3, 0.4) is 0 Å². The van der Waals surface area contributed by atoms with E-state index in [2.05, 4.69) is 41.5 Å². The van der Waals surface area contributed by atoms with Crippen LogP contribution >= 0.6 is 0 Å². The number of hydrogen-bond donors (Lipinski definition) is 1. The van der Waals surface area contributed by atoms with E-state index in [0.29, 0.717) is 23.4 Å². The molecule has 1 aliphatic carbocycles. The Bertz CT molecular complexity index is 194. The molecule has 1 fully saturated rings. The summed E-state index contributed by atoms with van der Waals surface area (Å²) in [7, 11) is 0. The van der Waals surface area contributed by atoms with Gasteiger partial charge in [0.25, 0.3) is 0 Å². The smallest absolute Gasteiger partial charge is 0.0624 e. The van der Waals surface area contributed by atoms with E-state index in [9.17, 15) is 0 Å². The minimum Gasteiger partial charge on any atom is -0.377 e. The monoisotopic (exact) mass is 199 g/mol. The van der Waals surface area contributed by atoms with Crippen LogP contribution in [0.15, 0.2) is 0 Å². The molecule has 1 unspecified atom stereocenters. The third-order valence-electron chi connectivity index (χ3n) is 4.18. The molecule has 0 amide bonds. The van der Waals surface area contributed by atoms with Crippen molar-refractivity contribution in [1.29, 1.82) is 0 Å². The van der Waals surface area contributed by atoms with Crippen molar-refractivity contribution in [3.8, 4) is 0 Å². The maximum absolute atomic E-state index is 6.15. The fraction of sp³-hybridized carbons (Fsp3) is 1.00. The normalized spacial score (nSPS) is 26.6. The molecule has 2 heteroatoms. The molecule has 1 rings (SSSR count). The molecule has 2 N–H and O–H groups in total. The summed E-state index contributed by atoms with van der Waals surface area (Å²) in [6, 6.07) is 0.183. The number of rotatable bonds is 4. The first-order valence-corrected chi connectivity index (χ1v) is 5.58. The summed E-state index contributed by atoms with van der Waals surface area (Å²) >= 11 is 0. The number of hydrogen-bond acceptors (Lipinski definition) is 2. The van der Waals surface area contributed by atoms with Crippen molar-refractivity contribution in [3.05, 3.63) is 0 Å². The van der Waals surface area contributed by atoms with Gasteiger partial charge in [-0.15, -0.1) is 0 Å². The summed E-state index contributed by atoms with van der Waals surface area (Å²) in [4.78, 5) is 0. The Kier molecular flexibility index (Phi) is 2.99. The van der Waals surface area contributed by atoms with Gasteiger partial charge in [0, 0.05) is 6.04 Å². The van der Waals surface area contributed by atoms with Crippen molar-refractivity contribution in [2.75, 3.05) is 6.61 Å². The molecule has 0 radical (unpaired) electrons. The molecule has 0 aromatic heterocycles. The van der Waals surface area contributed by atoms with Crippen molar-refractivity contribution in [2.24, 2.45) is 22.5 Å². The van der Waals surface area contributed by atoms with E-state index in [4.69, 9.17) is 10.5 Å². The Morgan fingerprint density at radius 3 is 1.86 bits per heavy atom. The number of nitrogens with two attached hydrogens (primary N) is 1. The maximum Gasteiger partial charge on any atom is 0.0624 e. The maximum atomic E-state index is 6.15. The zero-order valence-corrected chi connectivity index (χ0v) is 10.4. The number of ether oxygens (including phenoxy) is 1. The molecule has 1 aliphatic rings. The first-order chi connectivity index (χ1) is 6.21. The molecule has 0 spiro atoms. The summed E-state index contributed by atoms with van der Waals surface area (Å²) in [6.45, 7) is 14.0. The van der Waals surface area contributed by atoms with Gasteiger partial charge in [0.2, 0.25) is 0 Å². The minimum absolute atomic E-state index is 0.183. The van der Waals surface area contributed by atoms with E-state index >= 15 is 0 Å². The predicted octanol–water partition coefficient (Wildman–Crippen LogP) is 2.42. The van der Waals surface area contributed by atoms with E-state index < -0.39 is 0 Å². The largest absolute Gasteiger partial charge is 0.377 e. The molecular weight excluding hydrogens is 174 g/mol. The van der Waals surface area contributed by atoms with Crippen molar-refractivity contribution in [3.63, 3.8) is 0 Å². The van der Waals surface area contributed by atoms with Gasteiger partial charge >= 0.3 is 0 Å². The van der Waals surface area contributed by atoms with Crippen LogP contribution < -0.4 is 5.73 Å². The second-order valence-electron chi connectivity index (χ2n) is 5.97. The van der Waals surface area contributed by atoms with Crippen LogP contribution in [0.4, 0.5) is 0 Å². The van der Waals surface area contributed by atoms with Gasteiger partial charge in [-0.05, 0) is 30.6 Å². The predicted molar refractivity (Wildman–Crippen MR) is 60.1 cm³/mol. The second-order valence-corrected chi connectivity index (χ2v) is 5.97. The third kappa shape index (κ3) is 1.82. The summed E-state index contributed by atoms with van der Waals surface area (Å²) in [6.07, 6.45) is 0.283. The standard InChI is InChI=1S/C12H25NO/c1-8(2)14-7-9(13)10-11(3,4)12(10,5)6/h8-10H,7,13H2,1-6H3. The Hall–Kier alpha value is -0.0800. The molecular formula is C12H25NO. The van der Waals surface area contributed by atoms with E-state index in [-0.39, 0.29) is 12.1 Å². The lowest BCUT2D eigenvalue weighted by atomic mass is 10.0. The molecule has 0 heterocycles. The first-order valence-electron chi connectivity index (χ1n) is 5.58. The van der Waals surface area contributed by atoms with Gasteiger partial charge < -0.3 is 10.5 Å². The van der Waals surface area contributed by atoms with Gasteiger partial charge in [0.15, 0.2) is 0 Å². The van der Waals surface area contributed by atoms with Gasteiger partial charge in [-0.25, -0.2) is 0 Å². The zero-order chi connectivity index (χ0) is 11.1. The molecule has 0 saturated heterocycles. The highest BCUT2D eigenvalue weighted by Crippen LogP contribution is 2.69. The van der Waals surface area contributed by atoms with Crippen molar-refractivity contribution < 1.29 is 4.74 Å².